The molecule has 0 amide bonds. The van der Waals surface area contributed by atoms with E-state index in [1.54, 1.807) is 12.2 Å². The first-order chi connectivity index (χ1) is 10.2. The van der Waals surface area contributed by atoms with Crippen LogP contribution in [0, 0.1) is 0 Å². The van der Waals surface area contributed by atoms with Crippen molar-refractivity contribution in [1.29, 1.82) is 0 Å². The van der Waals surface area contributed by atoms with Crippen molar-refractivity contribution in [2.75, 3.05) is 0 Å². The number of aliphatic hydroxyl groups is 1. The van der Waals surface area contributed by atoms with Crippen LogP contribution < -0.4 is 0 Å². The molecule has 0 radical (unpaired) electrons. The van der Waals surface area contributed by atoms with E-state index in [0.29, 0.717) is 0 Å². The molecule has 0 heterocycles. The Morgan fingerprint density at radius 1 is 0.952 bits per heavy atom. The van der Waals surface area contributed by atoms with Gasteiger partial charge < -0.3 is 10.2 Å². The minimum Gasteiger partial charge on any atom is -0.478 e. The number of hydrogen-bond acceptors (Lipinski definition) is 2. The lowest BCUT2D eigenvalue weighted by Crippen LogP contribution is -2.05. The van der Waals surface area contributed by atoms with E-state index in [2.05, 4.69) is 13.0 Å². The van der Waals surface area contributed by atoms with Gasteiger partial charge in [-0.3, -0.25) is 0 Å². The molecular weight excluding hydrogens is 264 g/mol. The number of carboxylic acids is 1. The van der Waals surface area contributed by atoms with Crippen molar-refractivity contribution in [3.05, 3.63) is 48.6 Å². The second-order valence-corrected chi connectivity index (χ2v) is 4.98. The topological polar surface area (TPSA) is 57.5 Å². The minimum absolute atomic E-state index is 0.149. The third-order valence-electron chi connectivity index (χ3n) is 2.98. The van der Waals surface area contributed by atoms with Crippen LogP contribution in [0.25, 0.3) is 0 Å². The van der Waals surface area contributed by atoms with Gasteiger partial charge in [0.1, 0.15) is 0 Å². The minimum atomic E-state index is -0.944. The predicted molar refractivity (Wildman–Crippen MR) is 88.2 cm³/mol. The molecule has 0 aliphatic carbocycles. The molecule has 2 N–H and O–H groups in total. The third-order valence-corrected chi connectivity index (χ3v) is 2.98. The highest BCUT2D eigenvalue weighted by Gasteiger charge is 2.01. The summed E-state index contributed by atoms with van der Waals surface area (Å²) in [6.45, 7) is 2.17. The van der Waals surface area contributed by atoms with Crippen LogP contribution in [0.1, 0.15) is 51.9 Å². The van der Waals surface area contributed by atoms with Crippen LogP contribution in [0.4, 0.5) is 0 Å². The quantitative estimate of drug-likeness (QED) is 0.318. The fourth-order valence-corrected chi connectivity index (χ4v) is 1.81. The van der Waals surface area contributed by atoms with Crippen molar-refractivity contribution >= 4 is 5.97 Å². The van der Waals surface area contributed by atoms with Gasteiger partial charge in [-0.15, -0.1) is 0 Å². The Hall–Kier alpha value is -1.61. The van der Waals surface area contributed by atoms with E-state index in [0.717, 1.165) is 38.2 Å². The summed E-state index contributed by atoms with van der Waals surface area (Å²) >= 11 is 0. The summed E-state index contributed by atoms with van der Waals surface area (Å²) in [6.07, 6.45) is 21.0. The van der Waals surface area contributed by atoms with Crippen LogP contribution in [-0.2, 0) is 4.79 Å². The maximum atomic E-state index is 10.2. The SMILES string of the molecule is CCCCC[C@H](O)CCCC=CC=CC=CC=CC(=O)O. The maximum Gasteiger partial charge on any atom is 0.328 e. The molecule has 0 aromatic rings. The van der Waals surface area contributed by atoms with Crippen LogP contribution in [-0.4, -0.2) is 22.3 Å². The zero-order valence-corrected chi connectivity index (χ0v) is 12.9. The second kappa shape index (κ2) is 14.8. The van der Waals surface area contributed by atoms with Crippen LogP contribution in [0.5, 0.6) is 0 Å². The molecule has 0 saturated carbocycles. The predicted octanol–water partition coefficient (Wildman–Crippen LogP) is 4.41. The van der Waals surface area contributed by atoms with Gasteiger partial charge in [-0.05, 0) is 25.7 Å². The van der Waals surface area contributed by atoms with Crippen molar-refractivity contribution in [3.8, 4) is 0 Å². The van der Waals surface area contributed by atoms with Gasteiger partial charge in [-0.1, -0.05) is 68.7 Å². The van der Waals surface area contributed by atoms with Gasteiger partial charge in [0.15, 0.2) is 0 Å². The number of aliphatic carboxylic acids is 1. The van der Waals surface area contributed by atoms with Crippen LogP contribution in [0.3, 0.4) is 0 Å². The number of unbranched alkanes of at least 4 members (excludes halogenated alkanes) is 3. The van der Waals surface area contributed by atoms with Crippen molar-refractivity contribution in [1.82, 2.24) is 0 Å². The van der Waals surface area contributed by atoms with Gasteiger partial charge in [0.2, 0.25) is 0 Å². The average molecular weight is 292 g/mol. The Morgan fingerprint density at radius 2 is 1.57 bits per heavy atom. The molecule has 0 aliphatic rings. The normalized spacial score (nSPS) is 14.0. The first kappa shape index (κ1) is 19.4. The molecule has 0 unspecified atom stereocenters. The molecule has 0 spiro atoms. The van der Waals surface area contributed by atoms with E-state index in [1.165, 1.54) is 18.9 Å². The second-order valence-electron chi connectivity index (χ2n) is 4.98. The fourth-order valence-electron chi connectivity index (χ4n) is 1.81. The molecule has 0 saturated heterocycles. The van der Waals surface area contributed by atoms with E-state index in [-0.39, 0.29) is 6.10 Å². The van der Waals surface area contributed by atoms with Crippen molar-refractivity contribution < 1.29 is 15.0 Å². The van der Waals surface area contributed by atoms with Crippen LogP contribution >= 0.6 is 0 Å². The fraction of sp³-hybridized carbons (Fsp3) is 0.500. The highest BCUT2D eigenvalue weighted by Crippen LogP contribution is 2.09. The number of hydrogen-bond donors (Lipinski definition) is 2. The molecular formula is C18H28O3. The number of carboxylic acid groups (broad SMARTS) is 1. The zero-order chi connectivity index (χ0) is 15.8. The summed E-state index contributed by atoms with van der Waals surface area (Å²) in [6, 6.07) is 0. The lowest BCUT2D eigenvalue weighted by atomic mass is 10.1. The van der Waals surface area contributed by atoms with Crippen LogP contribution in [0.2, 0.25) is 0 Å². The number of rotatable bonds is 12. The first-order valence-electron chi connectivity index (χ1n) is 7.74. The Balaban J connectivity index is 3.57. The number of aliphatic hydroxyl groups excluding tert-OH is 1. The van der Waals surface area contributed by atoms with Crippen LogP contribution in [0.15, 0.2) is 48.6 Å². The molecule has 21 heavy (non-hydrogen) atoms. The molecule has 118 valence electrons. The monoisotopic (exact) mass is 292 g/mol. The molecule has 0 bridgehead atoms. The zero-order valence-electron chi connectivity index (χ0n) is 12.9. The average Bonchev–Trinajstić information content (AvgIpc) is 2.44. The lowest BCUT2D eigenvalue weighted by Gasteiger charge is -2.08. The summed E-state index contributed by atoms with van der Waals surface area (Å²) in [5.41, 5.74) is 0. The molecule has 3 heteroatoms. The van der Waals surface area contributed by atoms with Crippen molar-refractivity contribution in [2.45, 2.75) is 58.0 Å². The van der Waals surface area contributed by atoms with Crippen molar-refractivity contribution in [3.63, 3.8) is 0 Å². The van der Waals surface area contributed by atoms with E-state index < -0.39 is 5.97 Å². The Kier molecular flexibility index (Phi) is 13.7. The number of carbonyl (C=O) groups is 1. The molecule has 3 nitrogen and oxygen atoms in total. The molecule has 1 atom stereocenters. The maximum absolute atomic E-state index is 10.2. The van der Waals surface area contributed by atoms with Gasteiger partial charge in [0, 0.05) is 6.08 Å². The van der Waals surface area contributed by atoms with Gasteiger partial charge in [0.05, 0.1) is 6.10 Å². The highest BCUT2D eigenvalue weighted by atomic mass is 16.4. The van der Waals surface area contributed by atoms with E-state index in [4.69, 9.17) is 5.11 Å². The largest absolute Gasteiger partial charge is 0.478 e. The Labute approximate surface area is 128 Å². The van der Waals surface area contributed by atoms with Gasteiger partial charge >= 0.3 is 5.97 Å². The molecule has 0 aromatic carbocycles. The standard InChI is InChI=1S/C18H28O3/c1-2-3-11-14-17(19)15-12-9-7-5-4-6-8-10-13-16-18(20)21/h4-8,10,13,16-17,19H,2-3,9,11-12,14-15H2,1H3,(H,20,21)/t17-/m0/s1. The summed E-state index contributed by atoms with van der Waals surface area (Å²) in [5.74, 6) is -0.944. The molecule has 0 fully saturated rings. The summed E-state index contributed by atoms with van der Waals surface area (Å²) in [7, 11) is 0. The van der Waals surface area contributed by atoms with Gasteiger partial charge in [0.25, 0.3) is 0 Å². The molecule has 0 aromatic heterocycles. The lowest BCUT2D eigenvalue weighted by molar-refractivity contribution is -0.131. The van der Waals surface area contributed by atoms with Gasteiger partial charge in [-0.25, -0.2) is 4.79 Å². The van der Waals surface area contributed by atoms with E-state index >= 15 is 0 Å². The molecule has 0 aliphatic heterocycles. The summed E-state index contributed by atoms with van der Waals surface area (Å²) in [4.78, 5) is 10.2. The Morgan fingerprint density at radius 3 is 2.24 bits per heavy atom. The summed E-state index contributed by atoms with van der Waals surface area (Å²) in [5, 5.41) is 18.1. The van der Waals surface area contributed by atoms with E-state index in [1.807, 2.05) is 18.2 Å². The third kappa shape index (κ3) is 16.3. The summed E-state index contributed by atoms with van der Waals surface area (Å²) < 4.78 is 0. The molecule has 0 rings (SSSR count). The van der Waals surface area contributed by atoms with E-state index in [9.17, 15) is 9.90 Å². The Bertz CT molecular complexity index is 365. The highest BCUT2D eigenvalue weighted by molar-refractivity contribution is 5.80. The smallest absolute Gasteiger partial charge is 0.328 e. The van der Waals surface area contributed by atoms with Gasteiger partial charge in [-0.2, -0.15) is 0 Å². The number of allylic oxidation sites excluding steroid dienone is 7. The van der Waals surface area contributed by atoms with Crippen molar-refractivity contribution in [2.24, 2.45) is 0 Å². The first-order valence-corrected chi connectivity index (χ1v) is 7.74.